The van der Waals surface area contributed by atoms with Crippen molar-refractivity contribution >= 4 is 22.5 Å². The van der Waals surface area contributed by atoms with E-state index in [2.05, 4.69) is 49.7 Å². The highest BCUT2D eigenvalue weighted by Crippen LogP contribution is 2.27. The van der Waals surface area contributed by atoms with Crippen LogP contribution in [0.1, 0.15) is 12.0 Å². The molecule has 1 aliphatic heterocycles. The summed E-state index contributed by atoms with van der Waals surface area (Å²) in [4.78, 5) is 13.0. The minimum atomic E-state index is 0.748. The van der Waals surface area contributed by atoms with Crippen molar-refractivity contribution in [2.45, 2.75) is 12.8 Å². The van der Waals surface area contributed by atoms with E-state index in [9.17, 15) is 0 Å². The van der Waals surface area contributed by atoms with Gasteiger partial charge in [0.1, 0.15) is 11.8 Å². The van der Waals surface area contributed by atoms with Crippen molar-refractivity contribution in [1.29, 1.82) is 0 Å². The number of pyridine rings is 1. The summed E-state index contributed by atoms with van der Waals surface area (Å²) in [7, 11) is 0. The normalized spacial score (nSPS) is 14.0. The molecule has 1 N–H and O–H groups in total. The van der Waals surface area contributed by atoms with Gasteiger partial charge in [0.2, 0.25) is 0 Å². The second-order valence-corrected chi connectivity index (χ2v) is 5.09. The van der Waals surface area contributed by atoms with Crippen LogP contribution in [0.4, 0.5) is 11.5 Å². The molecule has 2 aromatic heterocycles. The van der Waals surface area contributed by atoms with Crippen LogP contribution < -0.4 is 10.4 Å². The van der Waals surface area contributed by atoms with Crippen LogP contribution in [-0.2, 0) is 6.42 Å². The molecule has 0 unspecified atom stereocenters. The van der Waals surface area contributed by atoms with Gasteiger partial charge in [-0.1, -0.05) is 18.2 Å². The minimum absolute atomic E-state index is 0.748. The minimum Gasteiger partial charge on any atom is -0.286 e. The van der Waals surface area contributed by atoms with Gasteiger partial charge in [-0.25, -0.2) is 9.97 Å². The number of aromatic nitrogens is 3. The van der Waals surface area contributed by atoms with Gasteiger partial charge in [0.15, 0.2) is 5.82 Å². The van der Waals surface area contributed by atoms with Gasteiger partial charge >= 0.3 is 0 Å². The second-order valence-electron chi connectivity index (χ2n) is 5.09. The molecule has 0 fully saturated rings. The van der Waals surface area contributed by atoms with E-state index in [0.29, 0.717) is 0 Å². The van der Waals surface area contributed by atoms with Crippen molar-refractivity contribution in [3.8, 4) is 0 Å². The molecule has 0 saturated heterocycles. The van der Waals surface area contributed by atoms with Gasteiger partial charge in [-0.05, 0) is 36.6 Å². The molecule has 21 heavy (non-hydrogen) atoms. The highest BCUT2D eigenvalue weighted by Gasteiger charge is 2.17. The molecule has 0 spiro atoms. The molecular weight excluding hydrogens is 262 g/mol. The van der Waals surface area contributed by atoms with Gasteiger partial charge in [0.05, 0.1) is 11.2 Å². The van der Waals surface area contributed by atoms with Crippen molar-refractivity contribution in [3.63, 3.8) is 0 Å². The number of hydrogen-bond donors (Lipinski definition) is 1. The molecule has 0 radical (unpaired) electrons. The Morgan fingerprint density at radius 3 is 2.95 bits per heavy atom. The van der Waals surface area contributed by atoms with E-state index >= 15 is 0 Å². The van der Waals surface area contributed by atoms with Crippen LogP contribution in [0.5, 0.6) is 0 Å². The molecular formula is C16H15N5. The number of hydrazine groups is 1. The number of rotatable bonds is 2. The predicted molar refractivity (Wildman–Crippen MR) is 83.1 cm³/mol. The summed E-state index contributed by atoms with van der Waals surface area (Å²) in [5, 5.41) is 2.15. The lowest BCUT2D eigenvalue weighted by Gasteiger charge is -2.31. The summed E-state index contributed by atoms with van der Waals surface area (Å²) in [5.41, 5.74) is 7.62. The van der Waals surface area contributed by atoms with Crippen molar-refractivity contribution in [1.82, 2.24) is 15.0 Å². The van der Waals surface area contributed by atoms with E-state index in [0.717, 1.165) is 36.2 Å². The average Bonchev–Trinajstić information content (AvgIpc) is 2.56. The zero-order chi connectivity index (χ0) is 14.1. The molecule has 1 aliphatic rings. The Balaban J connectivity index is 1.73. The first-order valence-electron chi connectivity index (χ1n) is 7.10. The van der Waals surface area contributed by atoms with E-state index < -0.39 is 0 Å². The lowest BCUT2D eigenvalue weighted by molar-refractivity contribution is 0.737. The van der Waals surface area contributed by atoms with Crippen LogP contribution in [0, 0.1) is 0 Å². The summed E-state index contributed by atoms with van der Waals surface area (Å²) < 4.78 is 0. The van der Waals surface area contributed by atoms with Gasteiger partial charge in [0.25, 0.3) is 0 Å². The zero-order valence-corrected chi connectivity index (χ0v) is 11.5. The SMILES string of the molecule is c1ccc2c(c1)CCCN2Nc1ncnc2cccnc12. The number of nitrogens with one attached hydrogen (secondary N) is 1. The maximum Gasteiger partial charge on any atom is 0.174 e. The van der Waals surface area contributed by atoms with Gasteiger partial charge < -0.3 is 0 Å². The fourth-order valence-electron chi connectivity index (χ4n) is 2.75. The highest BCUT2D eigenvalue weighted by atomic mass is 15.5. The zero-order valence-electron chi connectivity index (χ0n) is 11.5. The van der Waals surface area contributed by atoms with E-state index in [-0.39, 0.29) is 0 Å². The quantitative estimate of drug-likeness (QED) is 0.780. The predicted octanol–water partition coefficient (Wildman–Crippen LogP) is 2.80. The fourth-order valence-corrected chi connectivity index (χ4v) is 2.75. The smallest absolute Gasteiger partial charge is 0.174 e. The molecule has 0 aliphatic carbocycles. The van der Waals surface area contributed by atoms with Crippen LogP contribution >= 0.6 is 0 Å². The molecule has 0 atom stereocenters. The van der Waals surface area contributed by atoms with Crippen LogP contribution in [0.2, 0.25) is 0 Å². The largest absolute Gasteiger partial charge is 0.286 e. The third-order valence-electron chi connectivity index (χ3n) is 3.75. The number of aryl methyl sites for hydroxylation is 1. The molecule has 0 saturated carbocycles. The molecule has 104 valence electrons. The van der Waals surface area contributed by atoms with E-state index in [1.165, 1.54) is 11.3 Å². The monoisotopic (exact) mass is 277 g/mol. The molecule has 5 nitrogen and oxygen atoms in total. The second kappa shape index (κ2) is 5.01. The maximum absolute atomic E-state index is 4.39. The van der Waals surface area contributed by atoms with Crippen LogP contribution in [0.25, 0.3) is 11.0 Å². The average molecular weight is 277 g/mol. The number of nitrogens with zero attached hydrogens (tertiary/aromatic N) is 4. The van der Waals surface area contributed by atoms with E-state index in [1.54, 1.807) is 12.5 Å². The summed E-state index contributed by atoms with van der Waals surface area (Å²) in [6, 6.07) is 12.3. The first-order chi connectivity index (χ1) is 10.4. The highest BCUT2D eigenvalue weighted by molar-refractivity contribution is 5.85. The first kappa shape index (κ1) is 12.1. The van der Waals surface area contributed by atoms with Crippen molar-refractivity contribution in [2.75, 3.05) is 17.0 Å². The van der Waals surface area contributed by atoms with Crippen LogP contribution in [0.15, 0.2) is 48.9 Å². The van der Waals surface area contributed by atoms with Crippen molar-refractivity contribution in [2.24, 2.45) is 0 Å². The number of anilines is 2. The Hall–Kier alpha value is -2.69. The topological polar surface area (TPSA) is 53.9 Å². The number of fused-ring (bicyclic) bond motifs is 2. The summed E-state index contributed by atoms with van der Waals surface area (Å²) in [6.07, 6.45) is 5.58. The maximum atomic E-state index is 4.39. The fraction of sp³-hybridized carbons (Fsp3) is 0.188. The Kier molecular flexibility index (Phi) is 2.88. The van der Waals surface area contributed by atoms with Gasteiger partial charge in [-0.3, -0.25) is 15.4 Å². The van der Waals surface area contributed by atoms with Crippen molar-refractivity contribution < 1.29 is 0 Å². The Bertz CT molecular complexity index is 781. The molecule has 1 aromatic carbocycles. The van der Waals surface area contributed by atoms with Gasteiger partial charge in [0, 0.05) is 12.7 Å². The number of benzene rings is 1. The summed E-state index contributed by atoms with van der Waals surface area (Å²) in [5.74, 6) is 0.748. The lowest BCUT2D eigenvalue weighted by Crippen LogP contribution is -2.35. The molecule has 0 amide bonds. The molecule has 0 bridgehead atoms. The van der Waals surface area contributed by atoms with Gasteiger partial charge in [-0.15, -0.1) is 0 Å². The Morgan fingerprint density at radius 1 is 1.00 bits per heavy atom. The lowest BCUT2D eigenvalue weighted by atomic mass is 10.0. The van der Waals surface area contributed by atoms with Gasteiger partial charge in [-0.2, -0.15) is 0 Å². The third kappa shape index (κ3) is 2.16. The molecule has 4 rings (SSSR count). The molecule has 3 heterocycles. The van der Waals surface area contributed by atoms with Crippen molar-refractivity contribution in [3.05, 3.63) is 54.5 Å². The molecule has 3 aromatic rings. The Labute approximate surface area is 122 Å². The van der Waals surface area contributed by atoms with E-state index in [4.69, 9.17) is 0 Å². The standard InChI is InChI=1S/C16H15N5/c1-2-8-14-12(5-1)6-4-10-21(14)20-16-15-13(18-11-19-16)7-3-9-17-15/h1-3,5,7-9,11H,4,6,10H2,(H,18,19,20). The molecule has 5 heteroatoms. The number of hydrogen-bond acceptors (Lipinski definition) is 5. The Morgan fingerprint density at radius 2 is 1.95 bits per heavy atom. The third-order valence-corrected chi connectivity index (χ3v) is 3.75. The first-order valence-corrected chi connectivity index (χ1v) is 7.10. The van der Waals surface area contributed by atoms with Crippen LogP contribution in [-0.4, -0.2) is 21.5 Å². The summed E-state index contributed by atoms with van der Waals surface area (Å²) >= 11 is 0. The summed E-state index contributed by atoms with van der Waals surface area (Å²) in [6.45, 7) is 0.954. The van der Waals surface area contributed by atoms with Crippen LogP contribution in [0.3, 0.4) is 0 Å². The number of para-hydroxylation sites is 1. The van der Waals surface area contributed by atoms with E-state index in [1.807, 2.05) is 12.1 Å².